The molecule has 1 fully saturated rings. The zero-order chi connectivity index (χ0) is 12.1. The number of hydrogen-bond donors (Lipinski definition) is 0. The van der Waals surface area contributed by atoms with Crippen LogP contribution in [0.1, 0.15) is 38.2 Å². The molecule has 0 N–H and O–H groups in total. The van der Waals surface area contributed by atoms with Crippen LogP contribution in [0.15, 0.2) is 30.3 Å². The Hall–Kier alpha value is -1.57. The molecule has 0 amide bonds. The number of benzene rings is 1. The fourth-order valence-electron chi connectivity index (χ4n) is 2.07. The topological polar surface area (TPSA) is 26.3 Å². The van der Waals surface area contributed by atoms with Gasteiger partial charge in [-0.2, -0.15) is 0 Å². The first-order chi connectivity index (χ1) is 8.24. The number of carbonyl (C=O) groups is 1. The molecule has 0 radical (unpaired) electrons. The SMILES string of the molecule is CC(=O)/C=C/c1ccc(OC2CCCC2)cc1. The minimum atomic E-state index is 0.0660. The van der Waals surface area contributed by atoms with Crippen molar-refractivity contribution in [1.82, 2.24) is 0 Å². The fourth-order valence-corrected chi connectivity index (χ4v) is 2.07. The predicted molar refractivity (Wildman–Crippen MR) is 69.0 cm³/mol. The molecule has 90 valence electrons. The molecule has 0 heterocycles. The van der Waals surface area contributed by atoms with Crippen molar-refractivity contribution < 1.29 is 9.53 Å². The van der Waals surface area contributed by atoms with Crippen molar-refractivity contribution >= 4 is 11.9 Å². The van der Waals surface area contributed by atoms with Crippen molar-refractivity contribution in [3.63, 3.8) is 0 Å². The second-order valence-electron chi connectivity index (χ2n) is 4.54. The van der Waals surface area contributed by atoms with Gasteiger partial charge in [-0.05, 0) is 56.4 Å². The van der Waals surface area contributed by atoms with Crippen LogP contribution in [0, 0.1) is 0 Å². The molecule has 2 heteroatoms. The molecule has 0 spiro atoms. The van der Waals surface area contributed by atoms with E-state index in [-0.39, 0.29) is 5.78 Å². The number of ether oxygens (including phenoxy) is 1. The monoisotopic (exact) mass is 230 g/mol. The molecule has 2 nitrogen and oxygen atoms in total. The Kier molecular flexibility index (Phi) is 3.97. The molecule has 1 aliphatic carbocycles. The van der Waals surface area contributed by atoms with Crippen LogP contribution in [0.2, 0.25) is 0 Å². The summed E-state index contributed by atoms with van der Waals surface area (Å²) < 4.78 is 5.86. The second kappa shape index (κ2) is 5.67. The van der Waals surface area contributed by atoms with Crippen LogP contribution in [0.25, 0.3) is 6.08 Å². The van der Waals surface area contributed by atoms with Crippen molar-refractivity contribution in [3.05, 3.63) is 35.9 Å². The quantitative estimate of drug-likeness (QED) is 0.738. The number of allylic oxidation sites excluding steroid dienone is 1. The molecule has 1 aliphatic rings. The summed E-state index contributed by atoms with van der Waals surface area (Å²) in [5, 5.41) is 0. The van der Waals surface area contributed by atoms with E-state index in [1.807, 2.05) is 30.3 Å². The maximum Gasteiger partial charge on any atom is 0.152 e. The van der Waals surface area contributed by atoms with Gasteiger partial charge in [-0.1, -0.05) is 18.2 Å². The van der Waals surface area contributed by atoms with Crippen molar-refractivity contribution in [3.8, 4) is 5.75 Å². The lowest BCUT2D eigenvalue weighted by Gasteiger charge is -2.12. The summed E-state index contributed by atoms with van der Waals surface area (Å²) in [5.74, 6) is 0.994. The molecule has 2 rings (SSSR count). The summed E-state index contributed by atoms with van der Waals surface area (Å²) in [5.41, 5.74) is 1.03. The lowest BCUT2D eigenvalue weighted by atomic mass is 10.2. The highest BCUT2D eigenvalue weighted by Crippen LogP contribution is 2.24. The Morgan fingerprint density at radius 3 is 2.47 bits per heavy atom. The van der Waals surface area contributed by atoms with Gasteiger partial charge < -0.3 is 4.74 Å². The van der Waals surface area contributed by atoms with Gasteiger partial charge in [0.1, 0.15) is 5.75 Å². The summed E-state index contributed by atoms with van der Waals surface area (Å²) in [6.45, 7) is 1.55. The van der Waals surface area contributed by atoms with Crippen LogP contribution in [0.5, 0.6) is 5.75 Å². The summed E-state index contributed by atoms with van der Waals surface area (Å²) in [6.07, 6.45) is 8.70. The molecule has 1 aromatic rings. The average Bonchev–Trinajstić information content (AvgIpc) is 2.81. The van der Waals surface area contributed by atoms with Crippen molar-refractivity contribution in [1.29, 1.82) is 0 Å². The molecule has 0 unspecified atom stereocenters. The number of rotatable bonds is 4. The summed E-state index contributed by atoms with van der Waals surface area (Å²) >= 11 is 0. The Labute approximate surface area is 102 Å². The van der Waals surface area contributed by atoms with Gasteiger partial charge in [-0.15, -0.1) is 0 Å². The minimum Gasteiger partial charge on any atom is -0.490 e. The first-order valence-electron chi connectivity index (χ1n) is 6.19. The molecular weight excluding hydrogens is 212 g/mol. The molecule has 0 bridgehead atoms. The number of hydrogen-bond acceptors (Lipinski definition) is 2. The van der Waals surface area contributed by atoms with Gasteiger partial charge in [-0.3, -0.25) is 4.79 Å². The van der Waals surface area contributed by atoms with Gasteiger partial charge in [0.25, 0.3) is 0 Å². The van der Waals surface area contributed by atoms with E-state index >= 15 is 0 Å². The van der Waals surface area contributed by atoms with E-state index in [9.17, 15) is 4.79 Å². The van der Waals surface area contributed by atoms with Gasteiger partial charge in [0, 0.05) is 0 Å². The average molecular weight is 230 g/mol. The van der Waals surface area contributed by atoms with E-state index in [0.29, 0.717) is 6.10 Å². The van der Waals surface area contributed by atoms with Crippen molar-refractivity contribution in [2.24, 2.45) is 0 Å². The maximum absolute atomic E-state index is 10.8. The van der Waals surface area contributed by atoms with E-state index in [0.717, 1.165) is 11.3 Å². The van der Waals surface area contributed by atoms with E-state index in [4.69, 9.17) is 4.74 Å². The molecule has 1 saturated carbocycles. The smallest absolute Gasteiger partial charge is 0.152 e. The maximum atomic E-state index is 10.8. The third-order valence-electron chi connectivity index (χ3n) is 3.00. The highest BCUT2D eigenvalue weighted by molar-refractivity contribution is 5.91. The molecule has 0 aliphatic heterocycles. The largest absolute Gasteiger partial charge is 0.490 e. The van der Waals surface area contributed by atoms with E-state index < -0.39 is 0 Å². The third kappa shape index (κ3) is 3.74. The third-order valence-corrected chi connectivity index (χ3v) is 3.00. The molecule has 0 saturated heterocycles. The molecule has 0 atom stereocenters. The lowest BCUT2D eigenvalue weighted by molar-refractivity contribution is -0.112. The first kappa shape index (κ1) is 11.9. The summed E-state index contributed by atoms with van der Waals surface area (Å²) in [6, 6.07) is 7.89. The summed E-state index contributed by atoms with van der Waals surface area (Å²) in [7, 11) is 0. The zero-order valence-corrected chi connectivity index (χ0v) is 10.2. The first-order valence-corrected chi connectivity index (χ1v) is 6.19. The Balaban J connectivity index is 1.95. The van der Waals surface area contributed by atoms with Gasteiger partial charge in [0.05, 0.1) is 6.10 Å². The zero-order valence-electron chi connectivity index (χ0n) is 10.2. The van der Waals surface area contributed by atoms with Crippen LogP contribution in [0.4, 0.5) is 0 Å². The molecular formula is C15H18O2. The van der Waals surface area contributed by atoms with Gasteiger partial charge in [-0.25, -0.2) is 0 Å². The van der Waals surface area contributed by atoms with Gasteiger partial charge in [0.2, 0.25) is 0 Å². The second-order valence-corrected chi connectivity index (χ2v) is 4.54. The van der Waals surface area contributed by atoms with Gasteiger partial charge >= 0.3 is 0 Å². The normalized spacial score (nSPS) is 16.5. The van der Waals surface area contributed by atoms with Crippen LogP contribution in [-0.4, -0.2) is 11.9 Å². The summed E-state index contributed by atoms with van der Waals surface area (Å²) in [4.78, 5) is 10.8. The predicted octanol–water partition coefficient (Wildman–Crippen LogP) is 3.61. The van der Waals surface area contributed by atoms with E-state index in [1.54, 1.807) is 13.0 Å². The van der Waals surface area contributed by atoms with E-state index in [2.05, 4.69) is 0 Å². The standard InChI is InChI=1S/C15H18O2/c1-12(16)6-7-13-8-10-15(11-9-13)17-14-4-2-3-5-14/h6-11,14H,2-5H2,1H3/b7-6+. The molecule has 17 heavy (non-hydrogen) atoms. The van der Waals surface area contributed by atoms with Crippen LogP contribution >= 0.6 is 0 Å². The minimum absolute atomic E-state index is 0.0660. The van der Waals surface area contributed by atoms with Crippen LogP contribution < -0.4 is 4.74 Å². The van der Waals surface area contributed by atoms with Crippen molar-refractivity contribution in [2.75, 3.05) is 0 Å². The fraction of sp³-hybridized carbons (Fsp3) is 0.400. The lowest BCUT2D eigenvalue weighted by Crippen LogP contribution is -2.10. The highest BCUT2D eigenvalue weighted by Gasteiger charge is 2.15. The number of ketones is 1. The van der Waals surface area contributed by atoms with Crippen LogP contribution in [-0.2, 0) is 4.79 Å². The highest BCUT2D eigenvalue weighted by atomic mass is 16.5. The Morgan fingerprint density at radius 1 is 1.24 bits per heavy atom. The van der Waals surface area contributed by atoms with Crippen LogP contribution in [0.3, 0.4) is 0 Å². The van der Waals surface area contributed by atoms with Gasteiger partial charge in [0.15, 0.2) is 5.78 Å². The van der Waals surface area contributed by atoms with E-state index in [1.165, 1.54) is 25.7 Å². The Morgan fingerprint density at radius 2 is 1.88 bits per heavy atom. The molecule has 0 aromatic heterocycles. The Bertz CT molecular complexity index is 397. The number of carbonyl (C=O) groups excluding carboxylic acids is 1. The molecule has 1 aromatic carbocycles. The van der Waals surface area contributed by atoms with Crippen molar-refractivity contribution in [2.45, 2.75) is 38.7 Å².